The zero-order valence-corrected chi connectivity index (χ0v) is 18.7. The maximum Gasteiger partial charge on any atom is 0.354 e. The van der Waals surface area contributed by atoms with Gasteiger partial charge in [-0.1, -0.05) is 30.3 Å². The number of carbonyl (C=O) groups excluding carboxylic acids is 2. The zero-order chi connectivity index (χ0) is 25.3. The lowest BCUT2D eigenvalue weighted by atomic mass is 10.00. The fraction of sp³-hybridized carbons (Fsp3) is 0.478. The maximum absolute atomic E-state index is 14.9. The monoisotopic (exact) mass is 489 g/mol. The van der Waals surface area contributed by atoms with Crippen molar-refractivity contribution in [2.45, 2.75) is 55.2 Å². The quantitative estimate of drug-likeness (QED) is 0.433. The van der Waals surface area contributed by atoms with Gasteiger partial charge in [0.15, 0.2) is 0 Å². The predicted octanol–water partition coefficient (Wildman–Crippen LogP) is 1.45. The van der Waals surface area contributed by atoms with Crippen LogP contribution in [-0.2, 0) is 20.8 Å². The lowest BCUT2D eigenvalue weighted by Gasteiger charge is -2.27. The minimum atomic E-state index is -3.32. The summed E-state index contributed by atoms with van der Waals surface area (Å²) in [5.74, 6) is -5.39. The van der Waals surface area contributed by atoms with Crippen LogP contribution in [0.2, 0.25) is 0 Å². The summed E-state index contributed by atoms with van der Waals surface area (Å²) in [5.41, 5.74) is 0.389. The fourth-order valence-corrected chi connectivity index (χ4v) is 4.19. The second-order valence-electron chi connectivity index (χ2n) is 9.21. The Hall–Kier alpha value is -3.72. The molecule has 3 amide bonds. The molecule has 2 fully saturated rings. The lowest BCUT2D eigenvalue weighted by Crippen LogP contribution is -2.55. The molecule has 4 rings (SSSR count). The highest BCUT2D eigenvalue weighted by molar-refractivity contribution is 5.88. The van der Waals surface area contributed by atoms with Crippen molar-refractivity contribution >= 4 is 17.9 Å². The van der Waals surface area contributed by atoms with E-state index in [0.717, 1.165) is 0 Å². The second kappa shape index (κ2) is 9.14. The van der Waals surface area contributed by atoms with Crippen LogP contribution in [0.15, 0.2) is 42.1 Å². The Labute approximate surface area is 199 Å². The Balaban J connectivity index is 1.45. The van der Waals surface area contributed by atoms with E-state index in [4.69, 9.17) is 9.94 Å². The molecule has 0 bridgehead atoms. The number of alkyl halides is 2. The smallest absolute Gasteiger partial charge is 0.354 e. The molecule has 1 saturated heterocycles. The van der Waals surface area contributed by atoms with E-state index in [2.05, 4.69) is 16.1 Å². The van der Waals surface area contributed by atoms with Gasteiger partial charge < -0.3 is 20.6 Å². The van der Waals surface area contributed by atoms with E-state index in [1.165, 1.54) is 11.0 Å². The van der Waals surface area contributed by atoms with Gasteiger partial charge in [-0.15, -0.1) is 0 Å². The number of nitrogens with one attached hydrogen (secondary N) is 3. The van der Waals surface area contributed by atoms with E-state index in [1.54, 1.807) is 30.3 Å². The van der Waals surface area contributed by atoms with E-state index < -0.39 is 53.9 Å². The summed E-state index contributed by atoms with van der Waals surface area (Å²) in [6, 6.07) is 7.70. The summed E-state index contributed by atoms with van der Waals surface area (Å²) in [6.07, 6.45) is 0.890. The Kier molecular flexibility index (Phi) is 6.38. The van der Waals surface area contributed by atoms with Gasteiger partial charge in [-0.3, -0.25) is 15.1 Å². The minimum Gasteiger partial charge on any atom is -0.477 e. The van der Waals surface area contributed by atoms with Crippen LogP contribution in [0, 0.1) is 11.3 Å². The van der Waals surface area contributed by atoms with Crippen molar-refractivity contribution in [2.24, 2.45) is 0 Å². The molecule has 2 aliphatic heterocycles. The van der Waals surface area contributed by atoms with Gasteiger partial charge in [-0.2, -0.15) is 5.26 Å². The summed E-state index contributed by atoms with van der Waals surface area (Å²) in [7, 11) is 0. The van der Waals surface area contributed by atoms with Crippen LogP contribution >= 0.6 is 0 Å². The van der Waals surface area contributed by atoms with Gasteiger partial charge >= 0.3 is 12.0 Å². The average Bonchev–Trinajstić information content (AvgIpc) is 3.25. The lowest BCUT2D eigenvalue weighted by molar-refractivity contribution is -0.134. The van der Waals surface area contributed by atoms with E-state index >= 15 is 0 Å². The molecule has 12 heteroatoms. The van der Waals surface area contributed by atoms with Gasteiger partial charge in [0.2, 0.25) is 5.91 Å². The molecule has 0 aromatic heterocycles. The predicted molar refractivity (Wildman–Crippen MR) is 117 cm³/mol. The molecule has 1 aromatic carbocycles. The summed E-state index contributed by atoms with van der Waals surface area (Å²) < 4.78 is 29.9. The number of hydrogen-bond acceptors (Lipinski definition) is 6. The number of hydrogen-bond donors (Lipinski definition) is 4. The Bertz CT molecular complexity index is 1090. The molecule has 35 heavy (non-hydrogen) atoms. The van der Waals surface area contributed by atoms with Crippen molar-refractivity contribution in [3.8, 4) is 6.07 Å². The van der Waals surface area contributed by atoms with Gasteiger partial charge in [-0.25, -0.2) is 18.4 Å². The van der Waals surface area contributed by atoms with E-state index in [9.17, 15) is 28.4 Å². The maximum atomic E-state index is 14.9. The Morgan fingerprint density at radius 2 is 1.97 bits per heavy atom. The minimum absolute atomic E-state index is 0.0283. The van der Waals surface area contributed by atoms with Gasteiger partial charge in [0.25, 0.3) is 5.92 Å². The summed E-state index contributed by atoms with van der Waals surface area (Å²) in [4.78, 5) is 43.6. The molecule has 1 aliphatic carbocycles. The molecule has 1 aromatic rings. The summed E-state index contributed by atoms with van der Waals surface area (Å²) in [5, 5.41) is 23.3. The van der Waals surface area contributed by atoms with E-state index in [-0.39, 0.29) is 25.2 Å². The summed E-state index contributed by atoms with van der Waals surface area (Å²) >= 11 is 0. The van der Waals surface area contributed by atoms with Crippen LogP contribution in [0.4, 0.5) is 13.6 Å². The van der Waals surface area contributed by atoms with Crippen LogP contribution in [-0.4, -0.2) is 64.1 Å². The van der Waals surface area contributed by atoms with Gasteiger partial charge in [0.05, 0.1) is 12.6 Å². The molecule has 0 radical (unpaired) electrons. The van der Waals surface area contributed by atoms with Crippen molar-refractivity contribution in [3.63, 3.8) is 0 Å². The number of nitrogens with zero attached hydrogens (tertiary/aromatic N) is 2. The van der Waals surface area contributed by atoms with Crippen molar-refractivity contribution < 1.29 is 33.1 Å². The topological polar surface area (TPSA) is 144 Å². The molecule has 2 heterocycles. The van der Waals surface area contributed by atoms with Crippen molar-refractivity contribution in [1.29, 1.82) is 5.26 Å². The largest absolute Gasteiger partial charge is 0.477 e. The molecule has 2 atom stereocenters. The summed E-state index contributed by atoms with van der Waals surface area (Å²) in [6.45, 7) is 0.132. The van der Waals surface area contributed by atoms with Crippen molar-refractivity contribution in [3.05, 3.63) is 47.7 Å². The SMILES string of the molecule is N#CC1(NC(=O)C(CC(F)(F)Cc2ccccc2)NC(=O)N2CCC3(C=C(C(=O)O)NO3)C2)CC1. The second-order valence-corrected chi connectivity index (χ2v) is 9.21. The average molecular weight is 489 g/mol. The molecule has 10 nitrogen and oxygen atoms in total. The number of nitriles is 1. The molecular formula is C23H25F2N5O5. The van der Waals surface area contributed by atoms with Gasteiger partial charge in [-0.05, 0) is 24.5 Å². The van der Waals surface area contributed by atoms with Crippen LogP contribution in [0.3, 0.4) is 0 Å². The van der Waals surface area contributed by atoms with E-state index in [0.29, 0.717) is 18.4 Å². The molecule has 186 valence electrons. The number of hydroxylamine groups is 1. The highest BCUT2D eigenvalue weighted by Gasteiger charge is 2.48. The van der Waals surface area contributed by atoms with Crippen LogP contribution in [0.1, 0.15) is 31.2 Å². The number of likely N-dealkylation sites (tertiary alicyclic amines) is 1. The highest BCUT2D eigenvalue weighted by atomic mass is 19.3. The molecule has 2 unspecified atom stereocenters. The van der Waals surface area contributed by atoms with Crippen molar-refractivity contribution in [1.82, 2.24) is 21.0 Å². The van der Waals surface area contributed by atoms with Crippen molar-refractivity contribution in [2.75, 3.05) is 13.1 Å². The Morgan fingerprint density at radius 1 is 1.26 bits per heavy atom. The number of carbonyl (C=O) groups is 3. The molecule has 1 spiro atoms. The highest BCUT2D eigenvalue weighted by Crippen LogP contribution is 2.35. The number of aliphatic carboxylic acids is 1. The first kappa shape index (κ1) is 24.4. The standard InChI is InChI=1S/C23H25F2N5O5/c24-23(25,10-15-4-2-1-3-5-15)12-16(18(31)28-21(13-26)6-7-21)27-20(34)30-9-8-22(14-30)11-17(19(32)33)29-35-22/h1-5,11,16,29H,6-10,12,14H2,(H,27,34)(H,28,31)(H,32,33). The van der Waals surface area contributed by atoms with Gasteiger partial charge in [0.1, 0.15) is 22.9 Å². The molecule has 1 saturated carbocycles. The third-order valence-corrected chi connectivity index (χ3v) is 6.30. The Morgan fingerprint density at radius 3 is 2.57 bits per heavy atom. The molecule has 4 N–H and O–H groups in total. The fourth-order valence-electron chi connectivity index (χ4n) is 4.19. The molecule has 3 aliphatic rings. The number of carboxylic acid groups (broad SMARTS) is 1. The number of rotatable bonds is 8. The number of halogens is 2. The third-order valence-electron chi connectivity index (χ3n) is 6.30. The third kappa shape index (κ3) is 5.68. The van der Waals surface area contributed by atoms with Crippen LogP contribution in [0.5, 0.6) is 0 Å². The number of urea groups is 1. The zero-order valence-electron chi connectivity index (χ0n) is 18.7. The van der Waals surface area contributed by atoms with Crippen LogP contribution in [0.25, 0.3) is 0 Å². The first-order valence-electron chi connectivity index (χ1n) is 11.2. The first-order chi connectivity index (χ1) is 16.5. The normalized spacial score (nSPS) is 23.1. The van der Waals surface area contributed by atoms with Crippen LogP contribution < -0.4 is 16.1 Å². The van der Waals surface area contributed by atoms with Gasteiger partial charge in [0, 0.05) is 25.8 Å². The molecular weight excluding hydrogens is 464 g/mol. The van der Waals surface area contributed by atoms with E-state index in [1.807, 2.05) is 6.07 Å². The number of amides is 3. The number of benzene rings is 1. The first-order valence-corrected chi connectivity index (χ1v) is 11.2. The number of carboxylic acids is 1.